The van der Waals surface area contributed by atoms with Gasteiger partial charge in [-0.2, -0.15) is 0 Å². The molecule has 0 aliphatic carbocycles. The fourth-order valence-electron chi connectivity index (χ4n) is 2.75. The van der Waals surface area contributed by atoms with Crippen molar-refractivity contribution in [2.24, 2.45) is 0 Å². The summed E-state index contributed by atoms with van der Waals surface area (Å²) >= 11 is 0. The first-order valence-corrected chi connectivity index (χ1v) is 8.23. The van der Waals surface area contributed by atoms with E-state index in [1.165, 1.54) is 0 Å². The van der Waals surface area contributed by atoms with Crippen LogP contribution in [-0.4, -0.2) is 75.4 Å². The van der Waals surface area contributed by atoms with E-state index in [1.807, 2.05) is 13.0 Å². The molecule has 124 valence electrons. The molecule has 5 nitrogen and oxygen atoms in total. The molecule has 2 aliphatic heterocycles. The molecule has 0 saturated carbocycles. The minimum atomic E-state index is 0.689. The van der Waals surface area contributed by atoms with E-state index in [2.05, 4.69) is 33.8 Å². The Morgan fingerprint density at radius 1 is 1.23 bits per heavy atom. The number of morpholine rings is 1. The Morgan fingerprint density at radius 2 is 1.95 bits per heavy atom. The van der Waals surface area contributed by atoms with Gasteiger partial charge in [0.05, 0.1) is 18.9 Å². The van der Waals surface area contributed by atoms with Gasteiger partial charge < -0.3 is 19.7 Å². The zero-order valence-electron chi connectivity index (χ0n) is 13.7. The molecule has 2 fully saturated rings. The number of piperazine rings is 1. The molecule has 0 aromatic rings. The van der Waals surface area contributed by atoms with Gasteiger partial charge in [-0.15, -0.1) is 0 Å². The monoisotopic (exact) mass is 307 g/mol. The highest BCUT2D eigenvalue weighted by Gasteiger charge is 2.15. The van der Waals surface area contributed by atoms with E-state index in [0.29, 0.717) is 6.61 Å². The lowest BCUT2D eigenvalue weighted by Crippen LogP contribution is -2.43. The average Bonchev–Trinajstić information content (AvgIpc) is 2.59. The smallest absolute Gasteiger partial charge is 0.142 e. The quantitative estimate of drug-likeness (QED) is 0.565. The molecule has 22 heavy (non-hydrogen) atoms. The molecule has 0 unspecified atom stereocenters. The molecular formula is C17H29N3O2. The fraction of sp³-hybridized carbons (Fsp3) is 0.647. The third-order valence-electron chi connectivity index (χ3n) is 3.99. The van der Waals surface area contributed by atoms with Crippen molar-refractivity contribution in [3.63, 3.8) is 0 Å². The van der Waals surface area contributed by atoms with Crippen molar-refractivity contribution in [3.8, 4) is 0 Å². The van der Waals surface area contributed by atoms with Crippen LogP contribution in [0.3, 0.4) is 0 Å². The first-order chi connectivity index (χ1) is 10.8. The number of rotatable bonds is 7. The lowest BCUT2D eigenvalue weighted by Gasteiger charge is -2.31. The Bertz CT molecular complexity index is 395. The first kappa shape index (κ1) is 17.1. The van der Waals surface area contributed by atoms with Gasteiger partial charge in [-0.1, -0.05) is 12.7 Å². The van der Waals surface area contributed by atoms with Gasteiger partial charge in [0.25, 0.3) is 0 Å². The van der Waals surface area contributed by atoms with E-state index in [-0.39, 0.29) is 0 Å². The van der Waals surface area contributed by atoms with Gasteiger partial charge in [0.1, 0.15) is 12.4 Å². The molecule has 2 rings (SSSR count). The number of hydrogen-bond acceptors (Lipinski definition) is 5. The van der Waals surface area contributed by atoms with Gasteiger partial charge in [0.2, 0.25) is 0 Å². The molecule has 0 aromatic carbocycles. The number of nitrogens with one attached hydrogen (secondary N) is 1. The van der Waals surface area contributed by atoms with Gasteiger partial charge in [0.15, 0.2) is 0 Å². The minimum Gasteiger partial charge on any atom is -0.490 e. The summed E-state index contributed by atoms with van der Waals surface area (Å²) in [5.41, 5.74) is 1.14. The Labute approximate surface area is 134 Å². The maximum absolute atomic E-state index is 6.03. The average molecular weight is 307 g/mol. The predicted molar refractivity (Wildman–Crippen MR) is 89.7 cm³/mol. The molecule has 0 radical (unpaired) electrons. The highest BCUT2D eigenvalue weighted by Crippen LogP contribution is 2.16. The number of nitrogens with zero attached hydrogens (tertiary/aromatic N) is 2. The molecule has 1 N–H and O–H groups in total. The van der Waals surface area contributed by atoms with Crippen LogP contribution < -0.4 is 5.32 Å². The van der Waals surface area contributed by atoms with Crippen molar-refractivity contribution in [2.45, 2.75) is 6.92 Å². The van der Waals surface area contributed by atoms with Crippen LogP contribution in [0.25, 0.3) is 0 Å². The van der Waals surface area contributed by atoms with Crippen LogP contribution >= 0.6 is 0 Å². The van der Waals surface area contributed by atoms with E-state index in [0.717, 1.165) is 70.5 Å². The Hall–Kier alpha value is -1.30. The number of ether oxygens (including phenoxy) is 2. The second-order valence-corrected chi connectivity index (χ2v) is 5.49. The largest absolute Gasteiger partial charge is 0.490 e. The van der Waals surface area contributed by atoms with E-state index in [4.69, 9.17) is 9.47 Å². The minimum absolute atomic E-state index is 0.689. The molecule has 0 spiro atoms. The summed E-state index contributed by atoms with van der Waals surface area (Å²) in [4.78, 5) is 4.74. The maximum Gasteiger partial charge on any atom is 0.142 e. The van der Waals surface area contributed by atoms with Crippen LogP contribution in [0.15, 0.2) is 36.3 Å². The van der Waals surface area contributed by atoms with Crippen LogP contribution in [-0.2, 0) is 9.47 Å². The molecule has 0 aromatic heterocycles. The van der Waals surface area contributed by atoms with E-state index < -0.39 is 0 Å². The van der Waals surface area contributed by atoms with Gasteiger partial charge in [-0.3, -0.25) is 4.90 Å². The van der Waals surface area contributed by atoms with E-state index >= 15 is 0 Å². The zero-order chi connectivity index (χ0) is 15.6. The molecule has 0 bridgehead atoms. The first-order valence-electron chi connectivity index (χ1n) is 8.23. The van der Waals surface area contributed by atoms with Crippen molar-refractivity contribution in [1.82, 2.24) is 15.1 Å². The molecule has 0 amide bonds. The summed E-state index contributed by atoms with van der Waals surface area (Å²) < 4.78 is 11.4. The number of allylic oxidation sites excluding steroid dienone is 3. The Balaban J connectivity index is 1.93. The van der Waals surface area contributed by atoms with E-state index in [9.17, 15) is 0 Å². The third-order valence-corrected chi connectivity index (χ3v) is 3.99. The molecule has 0 atom stereocenters. The fourth-order valence-corrected chi connectivity index (χ4v) is 2.75. The van der Waals surface area contributed by atoms with Crippen LogP contribution in [0.1, 0.15) is 6.92 Å². The van der Waals surface area contributed by atoms with Crippen molar-refractivity contribution >= 4 is 0 Å². The van der Waals surface area contributed by atoms with Gasteiger partial charge >= 0.3 is 0 Å². The van der Waals surface area contributed by atoms with Crippen molar-refractivity contribution < 1.29 is 9.47 Å². The molecule has 2 heterocycles. The highest BCUT2D eigenvalue weighted by molar-refractivity contribution is 5.27. The Kier molecular flexibility index (Phi) is 7.49. The van der Waals surface area contributed by atoms with Crippen LogP contribution in [0, 0.1) is 0 Å². The topological polar surface area (TPSA) is 37.0 Å². The molecular weight excluding hydrogens is 278 g/mol. The van der Waals surface area contributed by atoms with Crippen LogP contribution in [0.5, 0.6) is 0 Å². The third kappa shape index (κ3) is 5.16. The molecule has 5 heteroatoms. The van der Waals surface area contributed by atoms with Crippen LogP contribution in [0.2, 0.25) is 0 Å². The lowest BCUT2D eigenvalue weighted by atomic mass is 10.2. The summed E-state index contributed by atoms with van der Waals surface area (Å²) in [5, 5.41) is 3.38. The maximum atomic E-state index is 6.03. The second-order valence-electron chi connectivity index (χ2n) is 5.49. The van der Waals surface area contributed by atoms with Gasteiger partial charge in [-0.25, -0.2) is 0 Å². The van der Waals surface area contributed by atoms with Crippen LogP contribution in [0.4, 0.5) is 0 Å². The van der Waals surface area contributed by atoms with Gasteiger partial charge in [-0.05, 0) is 19.1 Å². The normalized spacial score (nSPS) is 21.8. The predicted octanol–water partition coefficient (Wildman–Crippen LogP) is 1.21. The molecule has 2 saturated heterocycles. The Morgan fingerprint density at radius 3 is 2.59 bits per heavy atom. The van der Waals surface area contributed by atoms with Gasteiger partial charge in [0, 0.05) is 45.8 Å². The lowest BCUT2D eigenvalue weighted by molar-refractivity contribution is 0.0277. The summed E-state index contributed by atoms with van der Waals surface area (Å²) in [6.07, 6.45) is 6.01. The summed E-state index contributed by atoms with van der Waals surface area (Å²) in [7, 11) is 0. The standard InChI is InChI=1S/C17H29N3O2/c1-3-5-16(20-8-6-18-7-9-20)17(4-2)22-15-12-19-10-13-21-14-11-19/h3-5,18H,2,6-15H2,1H3/b5-3-,17-16-. The van der Waals surface area contributed by atoms with Crippen molar-refractivity contribution in [2.75, 3.05) is 65.6 Å². The second kappa shape index (κ2) is 9.66. The SMILES string of the molecule is C=C/C(OCCN1CCOCC1)=C(\C=C/C)N1CCNCC1. The van der Waals surface area contributed by atoms with Crippen molar-refractivity contribution in [3.05, 3.63) is 36.3 Å². The summed E-state index contributed by atoms with van der Waals surface area (Å²) in [6.45, 7) is 15.3. The number of hydrogen-bond donors (Lipinski definition) is 1. The molecule has 2 aliphatic rings. The summed E-state index contributed by atoms with van der Waals surface area (Å²) in [6, 6.07) is 0. The zero-order valence-corrected chi connectivity index (χ0v) is 13.7. The highest BCUT2D eigenvalue weighted by atomic mass is 16.5. The van der Waals surface area contributed by atoms with Crippen molar-refractivity contribution in [1.29, 1.82) is 0 Å². The van der Waals surface area contributed by atoms with E-state index in [1.54, 1.807) is 0 Å². The summed E-state index contributed by atoms with van der Waals surface area (Å²) in [5.74, 6) is 0.883.